The molecule has 5 heteroatoms. The van der Waals surface area contributed by atoms with E-state index in [1.807, 2.05) is 0 Å². The first kappa shape index (κ1) is 9.71. The topological polar surface area (TPSA) is 62.5 Å². The molecule has 2 rings (SSSR count). The molecule has 1 saturated heterocycles. The van der Waals surface area contributed by atoms with Gasteiger partial charge in [-0.05, 0) is 18.4 Å². The van der Waals surface area contributed by atoms with Crippen LogP contribution in [0.5, 0.6) is 0 Å². The molecular weight excluding hydrogens is 180 g/mol. The van der Waals surface area contributed by atoms with Gasteiger partial charge in [-0.1, -0.05) is 20.8 Å². The van der Waals surface area contributed by atoms with E-state index in [4.69, 9.17) is 0 Å². The van der Waals surface area contributed by atoms with Crippen LogP contribution in [0.3, 0.4) is 0 Å². The lowest BCUT2D eigenvalue weighted by Gasteiger charge is -2.38. The molecule has 0 aliphatic carbocycles. The normalized spacial score (nSPS) is 37.4. The number of hydrogen-bond acceptors (Lipinski definition) is 4. The Morgan fingerprint density at radius 1 is 1.43 bits per heavy atom. The zero-order chi connectivity index (χ0) is 10.3. The van der Waals surface area contributed by atoms with Crippen LogP contribution in [-0.2, 0) is 0 Å². The van der Waals surface area contributed by atoms with Crippen molar-refractivity contribution in [1.29, 1.82) is 0 Å². The van der Waals surface area contributed by atoms with E-state index < -0.39 is 0 Å². The van der Waals surface area contributed by atoms with Crippen molar-refractivity contribution in [2.75, 3.05) is 6.54 Å². The molecule has 80 valence electrons. The van der Waals surface area contributed by atoms with Crippen molar-refractivity contribution in [2.24, 2.45) is 16.6 Å². The average Bonchev–Trinajstić information content (AvgIpc) is 2.46. The summed E-state index contributed by atoms with van der Waals surface area (Å²) in [6, 6.07) is 0.154. The molecule has 2 heterocycles. The van der Waals surface area contributed by atoms with Gasteiger partial charge >= 0.3 is 0 Å². The molecular formula is C9H18N4O. The van der Waals surface area contributed by atoms with E-state index in [2.05, 4.69) is 36.7 Å². The summed E-state index contributed by atoms with van der Waals surface area (Å²) in [4.78, 5) is 0.753. The minimum absolute atomic E-state index is 0.154. The average molecular weight is 198 g/mol. The fourth-order valence-electron chi connectivity index (χ4n) is 2.45. The van der Waals surface area contributed by atoms with Gasteiger partial charge in [0.25, 0.3) is 0 Å². The van der Waals surface area contributed by atoms with Gasteiger partial charge in [0.2, 0.25) is 6.17 Å². The molecule has 1 fully saturated rings. The van der Waals surface area contributed by atoms with Crippen molar-refractivity contribution in [2.45, 2.75) is 39.4 Å². The van der Waals surface area contributed by atoms with Crippen LogP contribution in [0, 0.1) is 16.5 Å². The van der Waals surface area contributed by atoms with Gasteiger partial charge in [0.05, 0.1) is 5.22 Å². The molecule has 0 aromatic heterocycles. The summed E-state index contributed by atoms with van der Waals surface area (Å²) >= 11 is 0. The number of nitrogens with one attached hydrogen (secondary N) is 2. The Labute approximate surface area is 84.1 Å². The maximum Gasteiger partial charge on any atom is 0.215 e. The largest absolute Gasteiger partial charge is 0.694 e. The zero-order valence-electron chi connectivity index (χ0n) is 8.95. The minimum atomic E-state index is -0.173. The summed E-state index contributed by atoms with van der Waals surface area (Å²) in [7, 11) is 0. The molecule has 2 N–H and O–H groups in total. The molecule has 5 nitrogen and oxygen atoms in total. The molecule has 14 heavy (non-hydrogen) atoms. The highest BCUT2D eigenvalue weighted by Crippen LogP contribution is 2.35. The second-order valence-electron chi connectivity index (χ2n) is 5.22. The number of hydroxylamine groups is 1. The molecule has 2 aliphatic heterocycles. The van der Waals surface area contributed by atoms with Crippen LogP contribution in [0.1, 0.15) is 27.2 Å². The molecule has 0 amide bonds. The molecule has 0 spiro atoms. The third-order valence-corrected chi connectivity index (χ3v) is 3.24. The Hall–Kier alpha value is -0.840. The van der Waals surface area contributed by atoms with Gasteiger partial charge in [-0.15, -0.1) is 4.86 Å². The lowest BCUT2D eigenvalue weighted by atomic mass is 9.72. The summed E-state index contributed by atoms with van der Waals surface area (Å²) in [6.07, 6.45) is 0.925. The smallest absolute Gasteiger partial charge is 0.215 e. The number of fused-ring (bicyclic) bond motifs is 1. The number of rotatable bonds is 0. The second-order valence-corrected chi connectivity index (χ2v) is 5.22. The SMILES string of the molecule is CC(C)(C)C1CCNC2C1NN=[N+]2[O-]. The van der Waals surface area contributed by atoms with E-state index in [-0.39, 0.29) is 17.6 Å². The highest BCUT2D eigenvalue weighted by Gasteiger charge is 2.47. The van der Waals surface area contributed by atoms with Gasteiger partial charge in [0.1, 0.15) is 0 Å². The van der Waals surface area contributed by atoms with Crippen molar-refractivity contribution >= 4 is 0 Å². The van der Waals surface area contributed by atoms with Gasteiger partial charge in [0, 0.05) is 5.92 Å². The van der Waals surface area contributed by atoms with E-state index in [1.165, 1.54) is 0 Å². The second kappa shape index (κ2) is 3.08. The lowest BCUT2D eigenvalue weighted by molar-refractivity contribution is -0.563. The van der Waals surface area contributed by atoms with E-state index in [0.29, 0.717) is 5.92 Å². The highest BCUT2D eigenvalue weighted by atomic mass is 16.5. The molecule has 0 saturated carbocycles. The van der Waals surface area contributed by atoms with E-state index in [9.17, 15) is 5.21 Å². The molecule has 2 aliphatic rings. The summed E-state index contributed by atoms with van der Waals surface area (Å²) in [5.41, 5.74) is 3.16. The predicted molar refractivity (Wildman–Crippen MR) is 52.3 cm³/mol. The van der Waals surface area contributed by atoms with Gasteiger partial charge in [-0.3, -0.25) is 5.32 Å². The maximum atomic E-state index is 11.3. The quantitative estimate of drug-likeness (QED) is 0.447. The van der Waals surface area contributed by atoms with Crippen LogP contribution in [0.2, 0.25) is 0 Å². The van der Waals surface area contributed by atoms with Crippen LogP contribution < -0.4 is 10.7 Å². The van der Waals surface area contributed by atoms with Gasteiger partial charge < -0.3 is 5.21 Å². The number of hydrogen-bond donors (Lipinski definition) is 2. The minimum Gasteiger partial charge on any atom is -0.694 e. The molecule has 0 aromatic carbocycles. The fraction of sp³-hybridized carbons (Fsp3) is 1.00. The van der Waals surface area contributed by atoms with Crippen molar-refractivity contribution in [3.05, 3.63) is 5.21 Å². The Bertz CT molecular complexity index is 258. The van der Waals surface area contributed by atoms with Crippen LogP contribution in [0.15, 0.2) is 5.22 Å². The number of piperidine rings is 1. The first-order chi connectivity index (χ1) is 6.50. The standard InChI is InChI=1S/C9H18N4O/c1-9(2,3)6-4-5-10-8-7(6)11-12-13(8)14/h6-8,10-11H,4-5H2,1-3H3. The predicted octanol–water partition coefficient (Wildman–Crippen LogP) is 0.817. The zero-order valence-corrected chi connectivity index (χ0v) is 8.95. The Kier molecular flexibility index (Phi) is 2.14. The summed E-state index contributed by atoms with van der Waals surface area (Å²) in [6.45, 7) is 7.55. The van der Waals surface area contributed by atoms with E-state index >= 15 is 0 Å². The first-order valence-electron chi connectivity index (χ1n) is 5.16. The maximum absolute atomic E-state index is 11.3. The molecule has 0 bridgehead atoms. The van der Waals surface area contributed by atoms with Crippen LogP contribution in [0.25, 0.3) is 0 Å². The summed E-state index contributed by atoms with van der Waals surface area (Å²) < 4.78 is 0. The van der Waals surface area contributed by atoms with Gasteiger partial charge in [-0.25, -0.2) is 0 Å². The molecule has 0 radical (unpaired) electrons. The first-order valence-corrected chi connectivity index (χ1v) is 5.16. The Morgan fingerprint density at radius 2 is 2.14 bits per heavy atom. The monoisotopic (exact) mass is 198 g/mol. The van der Waals surface area contributed by atoms with E-state index in [1.54, 1.807) is 0 Å². The Morgan fingerprint density at radius 3 is 2.79 bits per heavy atom. The number of nitrogens with zero attached hydrogens (tertiary/aromatic N) is 2. The van der Waals surface area contributed by atoms with Crippen molar-refractivity contribution in [3.63, 3.8) is 0 Å². The summed E-state index contributed by atoms with van der Waals surface area (Å²) in [5, 5.41) is 18.2. The van der Waals surface area contributed by atoms with E-state index in [0.717, 1.165) is 17.8 Å². The highest BCUT2D eigenvalue weighted by molar-refractivity contribution is 4.92. The molecule has 3 atom stereocenters. The fourth-order valence-corrected chi connectivity index (χ4v) is 2.45. The third-order valence-electron chi connectivity index (χ3n) is 3.24. The summed E-state index contributed by atoms with van der Waals surface area (Å²) in [5.74, 6) is 0.497. The van der Waals surface area contributed by atoms with Crippen LogP contribution >= 0.6 is 0 Å². The van der Waals surface area contributed by atoms with Crippen molar-refractivity contribution in [1.82, 2.24) is 10.7 Å². The van der Waals surface area contributed by atoms with Crippen LogP contribution in [-0.4, -0.2) is 23.6 Å². The van der Waals surface area contributed by atoms with Gasteiger partial charge in [0.15, 0.2) is 6.04 Å². The van der Waals surface area contributed by atoms with Crippen molar-refractivity contribution < 1.29 is 4.86 Å². The van der Waals surface area contributed by atoms with Gasteiger partial charge in [-0.2, -0.15) is 5.43 Å². The Balaban J connectivity index is 2.15. The lowest BCUT2D eigenvalue weighted by Crippen LogP contribution is -2.57. The van der Waals surface area contributed by atoms with Crippen LogP contribution in [0.4, 0.5) is 0 Å². The third kappa shape index (κ3) is 1.45. The molecule has 0 aromatic rings. The molecule has 3 unspecified atom stereocenters. The van der Waals surface area contributed by atoms with Crippen molar-refractivity contribution in [3.8, 4) is 0 Å².